The molecule has 24 heavy (non-hydrogen) atoms. The van der Waals surface area contributed by atoms with Crippen LogP contribution in [0.5, 0.6) is 5.75 Å². The lowest BCUT2D eigenvalue weighted by Crippen LogP contribution is -2.33. The fraction of sp³-hybridized carbons (Fsp3) is 0.235. The summed E-state index contributed by atoms with van der Waals surface area (Å²) >= 11 is 0. The van der Waals surface area contributed by atoms with E-state index in [4.69, 9.17) is 4.74 Å². The number of benzene rings is 2. The molecule has 0 aliphatic carbocycles. The lowest BCUT2D eigenvalue weighted by Gasteiger charge is -2.14. The Bertz CT molecular complexity index is 817. The van der Waals surface area contributed by atoms with Crippen molar-refractivity contribution < 1.29 is 17.9 Å². The summed E-state index contributed by atoms with van der Waals surface area (Å²) in [5, 5.41) is 2.48. The zero-order chi connectivity index (χ0) is 17.7. The molecule has 7 heteroatoms. The molecule has 2 N–H and O–H groups in total. The molecular weight excluding hydrogens is 328 g/mol. The molecular formula is C17H20N2O4S. The van der Waals surface area contributed by atoms with Gasteiger partial charge < -0.3 is 10.1 Å². The van der Waals surface area contributed by atoms with Crippen molar-refractivity contribution in [1.29, 1.82) is 0 Å². The molecule has 2 rings (SSSR count). The Balaban J connectivity index is 2.14. The number of hydrogen-bond acceptors (Lipinski definition) is 4. The summed E-state index contributed by atoms with van der Waals surface area (Å²) in [6, 6.07) is 13.1. The Morgan fingerprint density at radius 2 is 1.71 bits per heavy atom. The fourth-order valence-corrected chi connectivity index (χ4v) is 3.18. The zero-order valence-electron chi connectivity index (χ0n) is 13.7. The van der Waals surface area contributed by atoms with Crippen LogP contribution < -0.4 is 14.8 Å². The topological polar surface area (TPSA) is 84.5 Å². The highest BCUT2D eigenvalue weighted by molar-refractivity contribution is 7.92. The maximum absolute atomic E-state index is 12.4. The first kappa shape index (κ1) is 17.8. The van der Waals surface area contributed by atoms with E-state index in [1.54, 1.807) is 19.1 Å². The number of hydrogen-bond donors (Lipinski definition) is 2. The Morgan fingerprint density at radius 1 is 1.08 bits per heavy atom. The lowest BCUT2D eigenvalue weighted by molar-refractivity contribution is -0.126. The predicted molar refractivity (Wildman–Crippen MR) is 92.6 cm³/mol. The van der Waals surface area contributed by atoms with Crippen molar-refractivity contribution in [2.24, 2.45) is 0 Å². The summed E-state index contributed by atoms with van der Waals surface area (Å²) in [7, 11) is -2.16. The highest BCUT2D eigenvalue weighted by atomic mass is 32.2. The van der Waals surface area contributed by atoms with Crippen LogP contribution in [0.2, 0.25) is 0 Å². The second-order valence-electron chi connectivity index (χ2n) is 5.27. The molecule has 0 aromatic heterocycles. The smallest absolute Gasteiger partial charge is 0.261 e. The molecule has 0 saturated carbocycles. The average Bonchev–Trinajstić information content (AvgIpc) is 2.56. The van der Waals surface area contributed by atoms with E-state index in [1.165, 1.54) is 31.3 Å². The standard InChI is InChI=1S/C17H20N2O4S/c1-12-6-4-5-7-16(12)19-24(21,22)15-10-8-14(9-11-15)23-13(2)17(20)18-3/h4-11,13,19H,1-3H3,(H,18,20)/t13-/m1/s1. The van der Waals surface area contributed by atoms with Crippen molar-refractivity contribution in [2.75, 3.05) is 11.8 Å². The Morgan fingerprint density at radius 3 is 2.29 bits per heavy atom. The van der Waals surface area contributed by atoms with Crippen molar-refractivity contribution in [3.63, 3.8) is 0 Å². The number of sulfonamides is 1. The number of carbonyl (C=O) groups excluding carboxylic acids is 1. The molecule has 128 valence electrons. The first-order chi connectivity index (χ1) is 11.3. The average molecular weight is 348 g/mol. The SMILES string of the molecule is CNC(=O)[C@@H](C)Oc1ccc(S(=O)(=O)Nc2ccccc2C)cc1. The molecule has 0 aliphatic rings. The van der Waals surface area contributed by atoms with E-state index >= 15 is 0 Å². The summed E-state index contributed by atoms with van der Waals surface area (Å²) in [6.07, 6.45) is -0.664. The van der Waals surface area contributed by atoms with Gasteiger partial charge in [-0.1, -0.05) is 18.2 Å². The Labute approximate surface area is 141 Å². The number of aryl methyl sites for hydroxylation is 1. The quantitative estimate of drug-likeness (QED) is 0.839. The van der Waals surface area contributed by atoms with E-state index in [-0.39, 0.29) is 10.8 Å². The van der Waals surface area contributed by atoms with Crippen LogP contribution in [0.4, 0.5) is 5.69 Å². The van der Waals surface area contributed by atoms with Crippen LogP contribution >= 0.6 is 0 Å². The zero-order valence-corrected chi connectivity index (χ0v) is 14.6. The molecule has 1 amide bonds. The van der Waals surface area contributed by atoms with Crippen molar-refractivity contribution in [2.45, 2.75) is 24.8 Å². The number of nitrogens with one attached hydrogen (secondary N) is 2. The van der Waals surface area contributed by atoms with E-state index in [0.717, 1.165) is 5.56 Å². The number of likely N-dealkylation sites (N-methyl/N-ethyl adjacent to an activating group) is 1. The van der Waals surface area contributed by atoms with Crippen LogP contribution in [0.1, 0.15) is 12.5 Å². The molecule has 2 aromatic rings. The fourth-order valence-electron chi connectivity index (χ4n) is 2.05. The molecule has 2 aromatic carbocycles. The molecule has 1 atom stereocenters. The van der Waals surface area contributed by atoms with Gasteiger partial charge in [-0.2, -0.15) is 0 Å². The normalized spacial score (nSPS) is 12.3. The summed E-state index contributed by atoms with van der Waals surface area (Å²) in [5.74, 6) is 0.161. The number of amides is 1. The molecule has 6 nitrogen and oxygen atoms in total. The van der Waals surface area contributed by atoms with Crippen LogP contribution in [0.3, 0.4) is 0 Å². The van der Waals surface area contributed by atoms with Gasteiger partial charge in [-0.15, -0.1) is 0 Å². The van der Waals surface area contributed by atoms with Gasteiger partial charge in [0, 0.05) is 7.05 Å². The molecule has 0 saturated heterocycles. The molecule has 0 aliphatic heterocycles. The van der Waals surface area contributed by atoms with Gasteiger partial charge in [0.2, 0.25) is 0 Å². The molecule has 0 unspecified atom stereocenters. The van der Waals surface area contributed by atoms with Gasteiger partial charge >= 0.3 is 0 Å². The van der Waals surface area contributed by atoms with Crippen LogP contribution in [0.15, 0.2) is 53.4 Å². The Kier molecular flexibility index (Phi) is 5.46. The minimum atomic E-state index is -3.69. The molecule has 0 fully saturated rings. The minimum Gasteiger partial charge on any atom is -0.481 e. The van der Waals surface area contributed by atoms with Gasteiger partial charge in [0.1, 0.15) is 5.75 Å². The van der Waals surface area contributed by atoms with Crippen molar-refractivity contribution in [3.8, 4) is 5.75 Å². The molecule has 0 heterocycles. The molecule has 0 bridgehead atoms. The monoisotopic (exact) mass is 348 g/mol. The van der Waals surface area contributed by atoms with Crippen LogP contribution in [0.25, 0.3) is 0 Å². The maximum atomic E-state index is 12.4. The van der Waals surface area contributed by atoms with Crippen LogP contribution in [-0.2, 0) is 14.8 Å². The number of rotatable bonds is 6. The van der Waals surface area contributed by atoms with Crippen LogP contribution in [-0.4, -0.2) is 27.5 Å². The maximum Gasteiger partial charge on any atom is 0.261 e. The number of anilines is 1. The second kappa shape index (κ2) is 7.35. The summed E-state index contributed by atoms with van der Waals surface area (Å²) in [5.41, 5.74) is 1.37. The van der Waals surface area contributed by atoms with Crippen molar-refractivity contribution in [1.82, 2.24) is 5.32 Å². The largest absolute Gasteiger partial charge is 0.481 e. The van der Waals surface area contributed by atoms with Crippen LogP contribution in [0, 0.1) is 6.92 Å². The minimum absolute atomic E-state index is 0.116. The van der Waals surface area contributed by atoms with Gasteiger partial charge in [-0.3, -0.25) is 9.52 Å². The predicted octanol–water partition coefficient (Wildman–Crippen LogP) is 2.31. The van der Waals surface area contributed by atoms with Gasteiger partial charge in [-0.05, 0) is 49.7 Å². The van der Waals surface area contributed by atoms with E-state index < -0.39 is 16.1 Å². The van der Waals surface area contributed by atoms with E-state index in [2.05, 4.69) is 10.0 Å². The van der Waals surface area contributed by atoms with Gasteiger partial charge in [0.05, 0.1) is 10.6 Å². The first-order valence-electron chi connectivity index (χ1n) is 7.40. The third kappa shape index (κ3) is 4.26. The van der Waals surface area contributed by atoms with E-state index in [0.29, 0.717) is 11.4 Å². The van der Waals surface area contributed by atoms with Crippen molar-refractivity contribution in [3.05, 3.63) is 54.1 Å². The third-order valence-corrected chi connectivity index (χ3v) is 4.83. The first-order valence-corrected chi connectivity index (χ1v) is 8.88. The lowest BCUT2D eigenvalue weighted by atomic mass is 10.2. The van der Waals surface area contributed by atoms with Crippen molar-refractivity contribution >= 4 is 21.6 Å². The number of carbonyl (C=O) groups is 1. The summed E-state index contributed by atoms with van der Waals surface area (Å²) in [4.78, 5) is 11.6. The number of para-hydroxylation sites is 1. The highest BCUT2D eigenvalue weighted by Crippen LogP contribution is 2.21. The highest BCUT2D eigenvalue weighted by Gasteiger charge is 2.16. The summed E-state index contributed by atoms with van der Waals surface area (Å²) < 4.78 is 32.9. The van der Waals surface area contributed by atoms with E-state index in [1.807, 2.05) is 19.1 Å². The van der Waals surface area contributed by atoms with Gasteiger partial charge in [0.25, 0.3) is 15.9 Å². The molecule has 0 spiro atoms. The van der Waals surface area contributed by atoms with E-state index in [9.17, 15) is 13.2 Å². The molecule has 0 radical (unpaired) electrons. The summed E-state index contributed by atoms with van der Waals surface area (Å²) in [6.45, 7) is 3.44. The van der Waals surface area contributed by atoms with Gasteiger partial charge in [0.15, 0.2) is 6.10 Å². The number of ether oxygens (including phenoxy) is 1. The van der Waals surface area contributed by atoms with Gasteiger partial charge in [-0.25, -0.2) is 8.42 Å². The third-order valence-electron chi connectivity index (χ3n) is 3.45. The Hall–Kier alpha value is -2.54. The second-order valence-corrected chi connectivity index (χ2v) is 6.95.